The molecule has 0 aromatic carbocycles. The normalized spacial score (nSPS) is 43.3. The third kappa shape index (κ3) is 3.14. The first-order valence-electron chi connectivity index (χ1n) is 7.90. The second kappa shape index (κ2) is 6.05. The molecule has 0 bridgehead atoms. The fourth-order valence-corrected chi connectivity index (χ4v) is 3.21. The van der Waals surface area contributed by atoms with Crippen molar-refractivity contribution >= 4 is 5.97 Å². The smallest absolute Gasteiger partial charge is 0.305 e. The lowest BCUT2D eigenvalue weighted by Crippen LogP contribution is -2.41. The van der Waals surface area contributed by atoms with Gasteiger partial charge in [0.05, 0.1) is 12.2 Å². The molecule has 3 fully saturated rings. The van der Waals surface area contributed by atoms with Crippen molar-refractivity contribution < 1.29 is 33.6 Å². The molecule has 0 aromatic heterocycles. The molecule has 22 heavy (non-hydrogen) atoms. The molecule has 0 aliphatic carbocycles. The molecule has 1 N–H and O–H groups in total. The van der Waals surface area contributed by atoms with E-state index in [0.717, 1.165) is 12.8 Å². The van der Waals surface area contributed by atoms with Crippen LogP contribution in [0.15, 0.2) is 0 Å². The molecule has 3 aliphatic heterocycles. The number of hydrogen-bond donors (Lipinski definition) is 1. The zero-order valence-corrected chi connectivity index (χ0v) is 13.2. The van der Waals surface area contributed by atoms with E-state index in [0.29, 0.717) is 6.42 Å². The minimum Gasteiger partial charge on any atom is -0.463 e. The fourth-order valence-electron chi connectivity index (χ4n) is 3.21. The lowest BCUT2D eigenvalue weighted by Gasteiger charge is -2.26. The van der Waals surface area contributed by atoms with Crippen LogP contribution >= 0.6 is 0 Å². The highest BCUT2D eigenvalue weighted by molar-refractivity contribution is 5.68. The SMILES string of the molecule is CCC(=O)OC[C@@H]1CC[C@@H]([C@H]2O[C@@H]3OC(C)(C)O[C@@H]3[C@H]2O)O1. The molecule has 0 unspecified atom stereocenters. The molecular formula is C15H24O7. The minimum atomic E-state index is -0.784. The van der Waals surface area contributed by atoms with Gasteiger partial charge in [-0.3, -0.25) is 4.79 Å². The van der Waals surface area contributed by atoms with Crippen molar-refractivity contribution in [2.45, 2.75) is 82.6 Å². The topological polar surface area (TPSA) is 83.5 Å². The van der Waals surface area contributed by atoms with E-state index in [1.165, 1.54) is 0 Å². The largest absolute Gasteiger partial charge is 0.463 e. The first-order valence-corrected chi connectivity index (χ1v) is 7.90. The molecule has 126 valence electrons. The van der Waals surface area contributed by atoms with E-state index in [9.17, 15) is 9.90 Å². The van der Waals surface area contributed by atoms with Gasteiger partial charge in [0, 0.05) is 6.42 Å². The fraction of sp³-hybridized carbons (Fsp3) is 0.933. The summed E-state index contributed by atoms with van der Waals surface area (Å²) in [5, 5.41) is 10.4. The second-order valence-corrected chi connectivity index (χ2v) is 6.47. The van der Waals surface area contributed by atoms with E-state index < -0.39 is 30.4 Å². The van der Waals surface area contributed by atoms with Crippen molar-refractivity contribution in [1.82, 2.24) is 0 Å². The summed E-state index contributed by atoms with van der Waals surface area (Å²) in [6.45, 7) is 5.59. The maximum absolute atomic E-state index is 11.2. The van der Waals surface area contributed by atoms with Gasteiger partial charge in [-0.2, -0.15) is 0 Å². The Kier molecular flexibility index (Phi) is 4.44. The molecule has 0 amide bonds. The number of ether oxygens (including phenoxy) is 5. The van der Waals surface area contributed by atoms with Crippen molar-refractivity contribution in [2.75, 3.05) is 6.61 Å². The van der Waals surface area contributed by atoms with Crippen LogP contribution in [-0.2, 0) is 28.5 Å². The average molecular weight is 316 g/mol. The number of carbonyl (C=O) groups is 1. The predicted octanol–water partition coefficient (Wildman–Crippen LogP) is 0.724. The maximum Gasteiger partial charge on any atom is 0.305 e. The molecule has 3 saturated heterocycles. The summed E-state index contributed by atoms with van der Waals surface area (Å²) in [5.74, 6) is -0.975. The van der Waals surface area contributed by atoms with Gasteiger partial charge in [-0.1, -0.05) is 6.92 Å². The van der Waals surface area contributed by atoms with Gasteiger partial charge in [0.1, 0.15) is 24.9 Å². The van der Waals surface area contributed by atoms with Crippen LogP contribution in [0.4, 0.5) is 0 Å². The summed E-state index contributed by atoms with van der Waals surface area (Å²) in [7, 11) is 0. The van der Waals surface area contributed by atoms with E-state index in [1.807, 2.05) is 0 Å². The number of hydrogen-bond acceptors (Lipinski definition) is 7. The summed E-state index contributed by atoms with van der Waals surface area (Å²) in [4.78, 5) is 11.2. The quantitative estimate of drug-likeness (QED) is 0.765. The maximum atomic E-state index is 11.2. The van der Waals surface area contributed by atoms with E-state index in [1.54, 1.807) is 20.8 Å². The van der Waals surface area contributed by atoms with Crippen LogP contribution in [0.3, 0.4) is 0 Å². The van der Waals surface area contributed by atoms with E-state index in [-0.39, 0.29) is 24.8 Å². The van der Waals surface area contributed by atoms with Crippen LogP contribution < -0.4 is 0 Å². The molecule has 0 spiro atoms. The summed E-state index contributed by atoms with van der Waals surface area (Å²) in [6.07, 6.45) is -0.802. The molecule has 6 atom stereocenters. The summed E-state index contributed by atoms with van der Waals surface area (Å²) >= 11 is 0. The number of carbonyl (C=O) groups excluding carboxylic acids is 1. The lowest BCUT2D eigenvalue weighted by atomic mass is 10.0. The van der Waals surface area contributed by atoms with E-state index in [4.69, 9.17) is 23.7 Å². The van der Waals surface area contributed by atoms with Crippen LogP contribution in [0.5, 0.6) is 0 Å². The van der Waals surface area contributed by atoms with Crippen LogP contribution in [0.1, 0.15) is 40.0 Å². The number of rotatable bonds is 4. The Bertz CT molecular complexity index is 424. The average Bonchev–Trinajstić information content (AvgIpc) is 3.11. The first-order chi connectivity index (χ1) is 10.4. The van der Waals surface area contributed by atoms with Gasteiger partial charge in [0.2, 0.25) is 0 Å². The molecule has 0 saturated carbocycles. The number of esters is 1. The minimum absolute atomic E-state index is 0.144. The number of aliphatic hydroxyl groups excluding tert-OH is 1. The van der Waals surface area contributed by atoms with Gasteiger partial charge < -0.3 is 28.8 Å². The molecular weight excluding hydrogens is 292 g/mol. The molecule has 7 nitrogen and oxygen atoms in total. The lowest BCUT2D eigenvalue weighted by molar-refractivity contribution is -0.228. The zero-order chi connectivity index (χ0) is 15.9. The van der Waals surface area contributed by atoms with Crippen molar-refractivity contribution in [3.05, 3.63) is 0 Å². The Morgan fingerprint density at radius 2 is 2.00 bits per heavy atom. The highest BCUT2D eigenvalue weighted by Gasteiger charge is 2.57. The van der Waals surface area contributed by atoms with Crippen LogP contribution in [0, 0.1) is 0 Å². The van der Waals surface area contributed by atoms with Crippen LogP contribution in [0.25, 0.3) is 0 Å². The van der Waals surface area contributed by atoms with Gasteiger partial charge in [-0.25, -0.2) is 0 Å². The van der Waals surface area contributed by atoms with Crippen molar-refractivity contribution in [1.29, 1.82) is 0 Å². The Morgan fingerprint density at radius 1 is 1.23 bits per heavy atom. The summed E-state index contributed by atoms with van der Waals surface area (Å²) in [5.41, 5.74) is 0. The van der Waals surface area contributed by atoms with Gasteiger partial charge in [0.15, 0.2) is 12.1 Å². The Hall–Kier alpha value is -0.730. The van der Waals surface area contributed by atoms with Crippen LogP contribution in [-0.4, -0.2) is 60.3 Å². The van der Waals surface area contributed by atoms with E-state index >= 15 is 0 Å². The monoisotopic (exact) mass is 316 g/mol. The number of aliphatic hydroxyl groups is 1. The molecule has 0 radical (unpaired) electrons. The highest BCUT2D eigenvalue weighted by Crippen LogP contribution is 2.40. The summed E-state index contributed by atoms with van der Waals surface area (Å²) in [6, 6.07) is 0. The molecule has 3 rings (SSSR count). The van der Waals surface area contributed by atoms with E-state index in [2.05, 4.69) is 0 Å². The zero-order valence-electron chi connectivity index (χ0n) is 13.2. The molecule has 0 aromatic rings. The van der Waals surface area contributed by atoms with Crippen LogP contribution in [0.2, 0.25) is 0 Å². The standard InChI is InChI=1S/C15H24O7/c1-4-10(16)18-7-8-5-6-9(19-8)12-11(17)13-14(20-12)22-15(2,3)21-13/h8-9,11-14,17H,4-7H2,1-3H3/t8-,9-,11-,12+,13+,14+/m0/s1. The van der Waals surface area contributed by atoms with Crippen molar-refractivity contribution in [2.24, 2.45) is 0 Å². The van der Waals surface area contributed by atoms with Crippen molar-refractivity contribution in [3.63, 3.8) is 0 Å². The van der Waals surface area contributed by atoms with Gasteiger partial charge in [-0.15, -0.1) is 0 Å². The summed E-state index contributed by atoms with van der Waals surface area (Å²) < 4.78 is 28.0. The molecule has 7 heteroatoms. The van der Waals surface area contributed by atoms with Crippen molar-refractivity contribution in [3.8, 4) is 0 Å². The second-order valence-electron chi connectivity index (χ2n) is 6.47. The third-order valence-corrected chi connectivity index (χ3v) is 4.28. The Morgan fingerprint density at radius 3 is 2.68 bits per heavy atom. The number of fused-ring (bicyclic) bond motifs is 1. The predicted molar refractivity (Wildman–Crippen MR) is 73.8 cm³/mol. The van der Waals surface area contributed by atoms with Gasteiger partial charge in [-0.05, 0) is 26.7 Å². The highest BCUT2D eigenvalue weighted by atomic mass is 16.8. The molecule has 3 heterocycles. The van der Waals surface area contributed by atoms with Gasteiger partial charge >= 0.3 is 5.97 Å². The molecule has 3 aliphatic rings. The van der Waals surface area contributed by atoms with Gasteiger partial charge in [0.25, 0.3) is 0 Å². The third-order valence-electron chi connectivity index (χ3n) is 4.28. The Balaban J connectivity index is 1.51. The first kappa shape index (κ1) is 16.1. The Labute approximate surface area is 129 Å².